The molecule has 1 saturated heterocycles. The highest BCUT2D eigenvalue weighted by Crippen LogP contribution is 2.37. The maximum Gasteiger partial charge on any atom is 0.126 e. The Labute approximate surface area is 157 Å². The highest BCUT2D eigenvalue weighted by molar-refractivity contribution is 5.85. The van der Waals surface area contributed by atoms with Gasteiger partial charge in [-0.05, 0) is 49.1 Å². The zero-order valence-corrected chi connectivity index (χ0v) is 16.0. The van der Waals surface area contributed by atoms with E-state index in [1.807, 2.05) is 12.1 Å². The monoisotopic (exact) mass is 352 g/mol. The van der Waals surface area contributed by atoms with Gasteiger partial charge in [-0.25, -0.2) is 4.39 Å². The van der Waals surface area contributed by atoms with Crippen molar-refractivity contribution >= 4 is 11.1 Å². The van der Waals surface area contributed by atoms with Crippen molar-refractivity contribution in [1.82, 2.24) is 9.80 Å². The Balaban J connectivity index is 1.76. The average Bonchev–Trinajstić information content (AvgIpc) is 3.08. The summed E-state index contributed by atoms with van der Waals surface area (Å²) < 4.78 is 14.4. The fourth-order valence-corrected chi connectivity index (χ4v) is 3.85. The molecule has 3 rings (SSSR count). The van der Waals surface area contributed by atoms with Gasteiger partial charge >= 0.3 is 0 Å². The zero-order chi connectivity index (χ0) is 18.5. The molecule has 1 aromatic carbocycles. The van der Waals surface area contributed by atoms with Crippen LogP contribution in [-0.2, 0) is 6.42 Å². The zero-order valence-electron chi connectivity index (χ0n) is 16.0. The minimum atomic E-state index is -0.191. The summed E-state index contributed by atoms with van der Waals surface area (Å²) in [5, 5.41) is 0. The number of hydrogen-bond donors (Lipinski definition) is 0. The summed E-state index contributed by atoms with van der Waals surface area (Å²) in [5.41, 5.74) is 5.55. The van der Waals surface area contributed by atoms with Crippen molar-refractivity contribution < 1.29 is 4.39 Å². The van der Waals surface area contributed by atoms with Crippen molar-refractivity contribution in [2.75, 3.05) is 39.8 Å². The first-order valence-corrected chi connectivity index (χ1v) is 9.51. The topological polar surface area (TPSA) is 6.48 Å². The molecule has 0 aromatic heterocycles. The van der Waals surface area contributed by atoms with Crippen molar-refractivity contribution in [1.29, 1.82) is 0 Å². The van der Waals surface area contributed by atoms with E-state index in [0.717, 1.165) is 51.1 Å². The minimum Gasteiger partial charge on any atom is -0.304 e. The van der Waals surface area contributed by atoms with E-state index in [2.05, 4.69) is 35.6 Å². The lowest BCUT2D eigenvalue weighted by Crippen LogP contribution is -2.44. The number of likely N-dealkylation sites (N-methyl/N-ethyl adjacent to an activating group) is 1. The molecule has 1 aliphatic carbocycles. The molecule has 0 bridgehead atoms. The summed E-state index contributed by atoms with van der Waals surface area (Å²) in [6, 6.07) is 6.25. The predicted molar refractivity (Wildman–Crippen MR) is 110 cm³/mol. The maximum absolute atomic E-state index is 14.4. The van der Waals surface area contributed by atoms with Crippen molar-refractivity contribution in [3.8, 4) is 0 Å². The quantitative estimate of drug-likeness (QED) is 0.684. The van der Waals surface area contributed by atoms with E-state index in [-0.39, 0.29) is 5.83 Å². The van der Waals surface area contributed by atoms with Crippen LogP contribution in [0.3, 0.4) is 0 Å². The summed E-state index contributed by atoms with van der Waals surface area (Å²) in [4.78, 5) is 4.93. The molecule has 1 heterocycles. The van der Waals surface area contributed by atoms with Gasteiger partial charge in [0.05, 0.1) is 0 Å². The van der Waals surface area contributed by atoms with Gasteiger partial charge in [-0.1, -0.05) is 49.1 Å². The molecular weight excluding hydrogens is 323 g/mol. The number of hydrogen-bond acceptors (Lipinski definition) is 2. The van der Waals surface area contributed by atoms with Crippen LogP contribution >= 0.6 is 0 Å². The molecule has 3 heteroatoms. The number of halogens is 1. The average molecular weight is 352 g/mol. The van der Waals surface area contributed by atoms with E-state index in [9.17, 15) is 4.39 Å². The second-order valence-electron chi connectivity index (χ2n) is 7.11. The van der Waals surface area contributed by atoms with Gasteiger partial charge in [0.25, 0.3) is 0 Å². The number of benzene rings is 1. The Kier molecular flexibility index (Phi) is 6.23. The summed E-state index contributed by atoms with van der Waals surface area (Å²) in [6.45, 7) is 11.2. The van der Waals surface area contributed by atoms with Crippen LogP contribution in [0.15, 0.2) is 54.9 Å². The van der Waals surface area contributed by atoms with Crippen molar-refractivity contribution in [3.63, 3.8) is 0 Å². The molecule has 0 amide bonds. The summed E-state index contributed by atoms with van der Waals surface area (Å²) in [7, 11) is 2.19. The summed E-state index contributed by atoms with van der Waals surface area (Å²) in [5.74, 6) is -0.191. The second kappa shape index (κ2) is 8.61. The van der Waals surface area contributed by atoms with Gasteiger partial charge in [0.15, 0.2) is 0 Å². The largest absolute Gasteiger partial charge is 0.304 e. The van der Waals surface area contributed by atoms with Gasteiger partial charge in [0.1, 0.15) is 5.83 Å². The number of nitrogens with zero attached hydrogens (tertiary/aromatic N) is 2. The van der Waals surface area contributed by atoms with Crippen LogP contribution < -0.4 is 0 Å². The normalized spacial score (nSPS) is 19.4. The molecule has 0 N–H and O–H groups in total. The molecule has 2 nitrogen and oxygen atoms in total. The predicted octanol–water partition coefficient (Wildman–Crippen LogP) is 4.71. The van der Waals surface area contributed by atoms with Gasteiger partial charge in [-0.3, -0.25) is 0 Å². The Hall–Kier alpha value is -1.97. The highest BCUT2D eigenvalue weighted by atomic mass is 19.1. The van der Waals surface area contributed by atoms with Crippen LogP contribution in [-0.4, -0.2) is 49.6 Å². The molecule has 1 aromatic rings. The SMILES string of the molecule is C=C/C=C(\C(F)=C/C)c1cccc2c1CC=C2CCN1CCN(C)CC1. The van der Waals surface area contributed by atoms with Crippen molar-refractivity contribution in [3.05, 3.63) is 71.6 Å². The highest BCUT2D eigenvalue weighted by Gasteiger charge is 2.21. The third-order valence-electron chi connectivity index (χ3n) is 5.45. The second-order valence-corrected chi connectivity index (χ2v) is 7.11. The number of piperazine rings is 1. The third-order valence-corrected chi connectivity index (χ3v) is 5.45. The van der Waals surface area contributed by atoms with E-state index in [1.54, 1.807) is 19.1 Å². The van der Waals surface area contributed by atoms with E-state index >= 15 is 0 Å². The summed E-state index contributed by atoms with van der Waals surface area (Å²) >= 11 is 0. The number of allylic oxidation sites excluding steroid dienone is 6. The number of fused-ring (bicyclic) bond motifs is 1. The first kappa shape index (κ1) is 18.8. The van der Waals surface area contributed by atoms with Gasteiger partial charge < -0.3 is 9.80 Å². The third kappa shape index (κ3) is 4.05. The lowest BCUT2D eigenvalue weighted by molar-refractivity contribution is 0.157. The Morgan fingerprint density at radius 2 is 2.00 bits per heavy atom. The molecular formula is C23H29FN2. The van der Waals surface area contributed by atoms with Gasteiger partial charge in [-0.15, -0.1) is 0 Å². The smallest absolute Gasteiger partial charge is 0.126 e. The van der Waals surface area contributed by atoms with E-state index < -0.39 is 0 Å². The molecule has 1 aliphatic heterocycles. The van der Waals surface area contributed by atoms with Crippen LogP contribution in [0.5, 0.6) is 0 Å². The van der Waals surface area contributed by atoms with E-state index in [4.69, 9.17) is 0 Å². The molecule has 2 aliphatic rings. The fraction of sp³-hybridized carbons (Fsp3) is 0.391. The maximum atomic E-state index is 14.4. The van der Waals surface area contributed by atoms with Gasteiger partial charge in [-0.2, -0.15) is 0 Å². The minimum absolute atomic E-state index is 0.191. The molecule has 0 unspecified atom stereocenters. The van der Waals surface area contributed by atoms with Crippen molar-refractivity contribution in [2.45, 2.75) is 19.8 Å². The molecule has 0 saturated carbocycles. The molecule has 26 heavy (non-hydrogen) atoms. The number of rotatable bonds is 6. The van der Waals surface area contributed by atoms with Crippen LogP contribution in [0.4, 0.5) is 4.39 Å². The lowest BCUT2D eigenvalue weighted by atomic mass is 9.93. The van der Waals surface area contributed by atoms with Crippen LogP contribution in [0.25, 0.3) is 11.1 Å². The first-order valence-electron chi connectivity index (χ1n) is 9.51. The Morgan fingerprint density at radius 1 is 1.23 bits per heavy atom. The van der Waals surface area contributed by atoms with Gasteiger partial charge in [0.2, 0.25) is 0 Å². The standard InChI is InChI=1S/C23H29FN2/c1-4-7-22(23(24)5-2)20-9-6-8-19-18(10-11-21(19)20)12-13-26-16-14-25(3)15-17-26/h4-10H,1,11-17H2,2-3H3/b22-7-,23-5+. The first-order chi connectivity index (χ1) is 12.6. The Bertz CT molecular complexity index is 749. The summed E-state index contributed by atoms with van der Waals surface area (Å²) in [6.07, 6.45) is 9.22. The van der Waals surface area contributed by atoms with Crippen LogP contribution in [0.2, 0.25) is 0 Å². The van der Waals surface area contributed by atoms with Crippen LogP contribution in [0.1, 0.15) is 30.0 Å². The molecule has 1 fully saturated rings. The fourth-order valence-electron chi connectivity index (χ4n) is 3.85. The van der Waals surface area contributed by atoms with E-state index in [0.29, 0.717) is 5.57 Å². The van der Waals surface area contributed by atoms with Crippen LogP contribution in [0, 0.1) is 0 Å². The van der Waals surface area contributed by atoms with Crippen molar-refractivity contribution in [2.24, 2.45) is 0 Å². The van der Waals surface area contributed by atoms with Gasteiger partial charge in [0, 0.05) is 38.3 Å². The molecule has 0 atom stereocenters. The molecule has 138 valence electrons. The molecule has 0 radical (unpaired) electrons. The molecule has 0 spiro atoms. The van der Waals surface area contributed by atoms with E-state index in [1.165, 1.54) is 22.8 Å². The Morgan fingerprint density at radius 3 is 2.69 bits per heavy atom. The lowest BCUT2D eigenvalue weighted by Gasteiger charge is -2.32.